The van der Waals surface area contributed by atoms with Crippen LogP contribution in [0.2, 0.25) is 0 Å². The van der Waals surface area contributed by atoms with Crippen molar-refractivity contribution in [2.24, 2.45) is 9.98 Å². The lowest BCUT2D eigenvalue weighted by Gasteiger charge is -2.10. The van der Waals surface area contributed by atoms with Crippen LogP contribution in [-0.4, -0.2) is 12.4 Å². The van der Waals surface area contributed by atoms with Crippen molar-refractivity contribution < 1.29 is 0 Å². The summed E-state index contributed by atoms with van der Waals surface area (Å²) < 4.78 is 0. The molecule has 0 amide bonds. The summed E-state index contributed by atoms with van der Waals surface area (Å²) in [6, 6.07) is 34.6. The van der Waals surface area contributed by atoms with Gasteiger partial charge in [0.25, 0.3) is 0 Å². The summed E-state index contributed by atoms with van der Waals surface area (Å²) >= 11 is 0. The summed E-state index contributed by atoms with van der Waals surface area (Å²) in [5.74, 6) is 0. The lowest BCUT2D eigenvalue weighted by molar-refractivity contribution is 1.02. The van der Waals surface area contributed by atoms with E-state index >= 15 is 0 Å². The van der Waals surface area contributed by atoms with Crippen LogP contribution < -0.4 is 10.6 Å². The number of allylic oxidation sites excluding steroid dienone is 3. The summed E-state index contributed by atoms with van der Waals surface area (Å²) in [7, 11) is 0. The third-order valence-corrected chi connectivity index (χ3v) is 5.74. The van der Waals surface area contributed by atoms with Gasteiger partial charge in [0.2, 0.25) is 0 Å². The molecule has 0 bridgehead atoms. The molecule has 0 fully saturated rings. The van der Waals surface area contributed by atoms with Crippen molar-refractivity contribution >= 4 is 40.9 Å². The molecule has 5 rings (SSSR count). The molecule has 0 heterocycles. The number of nitrogens with zero attached hydrogens (tertiary/aromatic N) is 2. The Bertz CT molecular complexity index is 1380. The number of hydrogen-bond donors (Lipinski definition) is 2. The molecule has 2 N–H and O–H groups in total. The zero-order valence-electron chi connectivity index (χ0n) is 20.0. The van der Waals surface area contributed by atoms with Gasteiger partial charge in [-0.1, -0.05) is 54.6 Å². The van der Waals surface area contributed by atoms with Crippen LogP contribution in [0.5, 0.6) is 0 Å². The van der Waals surface area contributed by atoms with Gasteiger partial charge in [-0.15, -0.1) is 0 Å². The number of nitrogens with one attached hydrogen (secondary N) is 2. The molecule has 176 valence electrons. The fourth-order valence-corrected chi connectivity index (χ4v) is 3.79. The van der Waals surface area contributed by atoms with Crippen molar-refractivity contribution in [1.29, 1.82) is 0 Å². The minimum absolute atomic E-state index is 0.910. The number of para-hydroxylation sites is 1. The molecule has 1 aliphatic rings. The Morgan fingerprint density at radius 3 is 1.58 bits per heavy atom. The highest BCUT2D eigenvalue weighted by Crippen LogP contribution is 2.21. The minimum Gasteiger partial charge on any atom is -0.356 e. The first kappa shape index (κ1) is 23.1. The normalized spacial score (nSPS) is 13.2. The lowest BCUT2D eigenvalue weighted by atomic mass is 10.1. The number of benzene rings is 4. The molecule has 0 saturated heterocycles. The van der Waals surface area contributed by atoms with Crippen molar-refractivity contribution in [2.45, 2.75) is 12.8 Å². The molecule has 4 aromatic carbocycles. The van der Waals surface area contributed by atoms with Crippen LogP contribution in [0.25, 0.3) is 0 Å². The Labute approximate surface area is 212 Å². The van der Waals surface area contributed by atoms with Crippen molar-refractivity contribution in [3.05, 3.63) is 138 Å². The Hall–Kier alpha value is -4.70. The van der Waals surface area contributed by atoms with E-state index in [0.717, 1.165) is 58.1 Å². The maximum atomic E-state index is 4.60. The molecule has 0 aliphatic heterocycles. The van der Waals surface area contributed by atoms with Crippen LogP contribution in [0, 0.1) is 0 Å². The average Bonchev–Trinajstić information content (AvgIpc) is 2.94. The fourth-order valence-electron chi connectivity index (χ4n) is 3.79. The van der Waals surface area contributed by atoms with Crippen LogP contribution in [0.15, 0.2) is 137 Å². The molecule has 0 radical (unpaired) electrons. The lowest BCUT2D eigenvalue weighted by Crippen LogP contribution is -1.98. The molecule has 4 nitrogen and oxygen atoms in total. The monoisotopic (exact) mass is 468 g/mol. The molecule has 0 spiro atoms. The summed E-state index contributed by atoms with van der Waals surface area (Å²) in [5.41, 5.74) is 8.24. The first-order chi connectivity index (χ1) is 17.8. The molecule has 0 unspecified atom stereocenters. The maximum Gasteiger partial charge on any atom is 0.0631 e. The van der Waals surface area contributed by atoms with E-state index in [0.29, 0.717) is 0 Å². The zero-order chi connectivity index (χ0) is 24.4. The quantitative estimate of drug-likeness (QED) is 0.254. The molecule has 4 aromatic rings. The Morgan fingerprint density at radius 2 is 1.06 bits per heavy atom. The van der Waals surface area contributed by atoms with E-state index in [1.807, 2.05) is 79.2 Å². The molecular formula is C32H28N4. The summed E-state index contributed by atoms with van der Waals surface area (Å²) in [4.78, 5) is 9.20. The molecule has 0 atom stereocenters. The van der Waals surface area contributed by atoms with Gasteiger partial charge >= 0.3 is 0 Å². The van der Waals surface area contributed by atoms with E-state index in [-0.39, 0.29) is 0 Å². The first-order valence-corrected chi connectivity index (χ1v) is 12.1. The van der Waals surface area contributed by atoms with Gasteiger partial charge in [-0.3, -0.25) is 9.98 Å². The average molecular weight is 469 g/mol. The van der Waals surface area contributed by atoms with Gasteiger partial charge in [-0.2, -0.15) is 0 Å². The predicted octanol–water partition coefficient (Wildman–Crippen LogP) is 8.58. The van der Waals surface area contributed by atoms with Crippen LogP contribution in [0.4, 0.5) is 28.4 Å². The maximum absolute atomic E-state index is 4.60. The highest BCUT2D eigenvalue weighted by atomic mass is 14.9. The number of hydrogen-bond acceptors (Lipinski definition) is 4. The number of rotatable bonds is 8. The van der Waals surface area contributed by atoms with Crippen LogP contribution in [0.3, 0.4) is 0 Å². The second kappa shape index (κ2) is 11.6. The van der Waals surface area contributed by atoms with E-state index in [9.17, 15) is 0 Å². The molecule has 1 aliphatic carbocycles. The first-order valence-electron chi connectivity index (χ1n) is 12.1. The highest BCUT2D eigenvalue weighted by Gasteiger charge is 1.99. The predicted molar refractivity (Wildman–Crippen MR) is 154 cm³/mol. The van der Waals surface area contributed by atoms with Crippen molar-refractivity contribution in [3.8, 4) is 0 Å². The van der Waals surface area contributed by atoms with Gasteiger partial charge < -0.3 is 10.6 Å². The summed E-state index contributed by atoms with van der Waals surface area (Å²) in [5, 5.41) is 6.81. The van der Waals surface area contributed by atoms with Gasteiger partial charge in [0.1, 0.15) is 0 Å². The van der Waals surface area contributed by atoms with Crippen LogP contribution in [0.1, 0.15) is 24.0 Å². The Morgan fingerprint density at radius 1 is 0.528 bits per heavy atom. The van der Waals surface area contributed by atoms with E-state index < -0.39 is 0 Å². The fraction of sp³-hybridized carbons (Fsp3) is 0.0625. The zero-order valence-corrected chi connectivity index (χ0v) is 20.0. The van der Waals surface area contributed by atoms with Crippen molar-refractivity contribution in [2.75, 3.05) is 10.6 Å². The Balaban J connectivity index is 1.14. The summed E-state index contributed by atoms with van der Waals surface area (Å²) in [6.07, 6.45) is 12.5. The SMILES string of the molecule is C1=CC(Nc2ccc(N=Cc3ccc(C=Nc4ccc(Nc5ccccc5)cc4)cc3)cc2)=CCC1. The van der Waals surface area contributed by atoms with Crippen molar-refractivity contribution in [3.63, 3.8) is 0 Å². The van der Waals surface area contributed by atoms with E-state index in [2.05, 4.69) is 75.2 Å². The van der Waals surface area contributed by atoms with E-state index in [4.69, 9.17) is 0 Å². The topological polar surface area (TPSA) is 48.8 Å². The van der Waals surface area contributed by atoms with Gasteiger partial charge in [0, 0.05) is 35.2 Å². The number of anilines is 3. The number of aliphatic imine (C=N–C) groups is 2. The third kappa shape index (κ3) is 6.67. The highest BCUT2D eigenvalue weighted by molar-refractivity contribution is 5.86. The van der Waals surface area contributed by atoms with Gasteiger partial charge in [-0.05, 0) is 90.7 Å². The van der Waals surface area contributed by atoms with Crippen LogP contribution in [-0.2, 0) is 0 Å². The minimum atomic E-state index is 0.910. The van der Waals surface area contributed by atoms with Gasteiger partial charge in [0.05, 0.1) is 11.4 Å². The largest absolute Gasteiger partial charge is 0.356 e. The second-order valence-electron chi connectivity index (χ2n) is 8.53. The molecular weight excluding hydrogens is 440 g/mol. The van der Waals surface area contributed by atoms with Gasteiger partial charge in [0.15, 0.2) is 0 Å². The standard InChI is InChI=1S/C32H28N4/c1-3-7-29(8-4-1)35-31-19-15-27(16-20-31)33-23-25-11-13-26(14-12-25)24-34-28-17-21-32(22-18-28)36-30-9-5-2-6-10-30/h1,3-5,7-24,35-36H,2,6H2. The Kier molecular flexibility index (Phi) is 7.45. The molecule has 4 heteroatoms. The van der Waals surface area contributed by atoms with E-state index in [1.165, 1.54) is 0 Å². The molecule has 0 aromatic heterocycles. The molecule has 36 heavy (non-hydrogen) atoms. The van der Waals surface area contributed by atoms with Crippen molar-refractivity contribution in [1.82, 2.24) is 0 Å². The van der Waals surface area contributed by atoms with Gasteiger partial charge in [-0.25, -0.2) is 0 Å². The molecule has 0 saturated carbocycles. The second-order valence-corrected chi connectivity index (χ2v) is 8.53. The third-order valence-electron chi connectivity index (χ3n) is 5.74. The van der Waals surface area contributed by atoms with Crippen LogP contribution >= 0.6 is 0 Å². The van der Waals surface area contributed by atoms with E-state index in [1.54, 1.807) is 0 Å². The smallest absolute Gasteiger partial charge is 0.0631 e. The summed E-state index contributed by atoms with van der Waals surface area (Å²) in [6.45, 7) is 0.